The Hall–Kier alpha value is -2.29. The first-order chi connectivity index (χ1) is 11.5. The van der Waals surface area contributed by atoms with Crippen molar-refractivity contribution in [1.82, 2.24) is 9.97 Å². The van der Waals surface area contributed by atoms with Crippen LogP contribution >= 0.6 is 27.5 Å². The van der Waals surface area contributed by atoms with E-state index in [4.69, 9.17) is 16.3 Å². The molecule has 3 rings (SSSR count). The number of aromatic nitrogens is 2. The molecule has 0 bridgehead atoms. The number of allylic oxidation sites excluding steroid dienone is 1. The van der Waals surface area contributed by atoms with Gasteiger partial charge in [0.25, 0.3) is 0 Å². The fraction of sp³-hybridized carbons (Fsp3) is 0.111. The van der Waals surface area contributed by atoms with Gasteiger partial charge in [0.2, 0.25) is 0 Å². The first-order valence-corrected chi connectivity index (χ1v) is 8.30. The third-order valence-corrected chi connectivity index (χ3v) is 4.42. The summed E-state index contributed by atoms with van der Waals surface area (Å²) >= 11 is 9.62. The zero-order valence-corrected chi connectivity index (χ0v) is 15.4. The van der Waals surface area contributed by atoms with E-state index in [9.17, 15) is 5.26 Å². The molecule has 0 saturated heterocycles. The van der Waals surface area contributed by atoms with E-state index in [1.165, 1.54) is 0 Å². The van der Waals surface area contributed by atoms with Gasteiger partial charge < -0.3 is 9.72 Å². The number of imidazole rings is 1. The Morgan fingerprint density at radius 1 is 1.38 bits per heavy atom. The van der Waals surface area contributed by atoms with E-state index in [-0.39, 0.29) is 0 Å². The lowest BCUT2D eigenvalue weighted by atomic mass is 10.1. The maximum Gasteiger partial charge on any atom is 0.151 e. The van der Waals surface area contributed by atoms with Crippen LogP contribution in [-0.2, 0) is 0 Å². The molecule has 0 radical (unpaired) electrons. The average Bonchev–Trinajstić information content (AvgIpc) is 2.95. The van der Waals surface area contributed by atoms with E-state index in [0.29, 0.717) is 22.2 Å². The number of nitriles is 1. The van der Waals surface area contributed by atoms with Crippen molar-refractivity contribution in [2.24, 2.45) is 0 Å². The number of aromatic amines is 1. The number of hydrogen-bond donors (Lipinski definition) is 1. The van der Waals surface area contributed by atoms with E-state index >= 15 is 0 Å². The van der Waals surface area contributed by atoms with Crippen molar-refractivity contribution in [3.05, 3.63) is 56.8 Å². The highest BCUT2D eigenvalue weighted by molar-refractivity contribution is 9.10. The van der Waals surface area contributed by atoms with E-state index in [2.05, 4.69) is 32.0 Å². The molecule has 120 valence electrons. The number of fused-ring (bicyclic) bond motifs is 1. The Kier molecular flexibility index (Phi) is 4.61. The van der Waals surface area contributed by atoms with Crippen LogP contribution < -0.4 is 4.74 Å². The monoisotopic (exact) mass is 401 g/mol. The average molecular weight is 403 g/mol. The predicted octanol–water partition coefficient (Wildman–Crippen LogP) is 5.36. The number of halogens is 2. The molecule has 1 heterocycles. The first-order valence-electron chi connectivity index (χ1n) is 7.13. The molecule has 0 spiro atoms. The summed E-state index contributed by atoms with van der Waals surface area (Å²) in [5.74, 6) is 1.09. The summed E-state index contributed by atoms with van der Waals surface area (Å²) in [5, 5.41) is 9.98. The van der Waals surface area contributed by atoms with Gasteiger partial charge in [-0.3, -0.25) is 0 Å². The van der Waals surface area contributed by atoms with Gasteiger partial charge >= 0.3 is 0 Å². The fourth-order valence-electron chi connectivity index (χ4n) is 2.43. The SMILES string of the molecule is COc1c(Cl)cc(/C=C(/C#N)c2nc3ccc(C)cc3[nH]2)cc1Br. The van der Waals surface area contributed by atoms with Gasteiger partial charge in [0.15, 0.2) is 5.75 Å². The van der Waals surface area contributed by atoms with Gasteiger partial charge in [0.1, 0.15) is 11.9 Å². The standard InChI is InChI=1S/C18H13BrClN3O/c1-10-3-4-15-16(5-10)23-18(22-15)12(9-21)6-11-7-13(19)17(24-2)14(20)8-11/h3-8H,1-2H3,(H,22,23)/b12-6-. The van der Waals surface area contributed by atoms with Crippen LogP contribution in [-0.4, -0.2) is 17.1 Å². The largest absolute Gasteiger partial charge is 0.494 e. The van der Waals surface area contributed by atoms with Gasteiger partial charge in [0.05, 0.1) is 33.2 Å². The lowest BCUT2D eigenvalue weighted by Crippen LogP contribution is -1.88. The van der Waals surface area contributed by atoms with Crippen LogP contribution in [0.5, 0.6) is 5.75 Å². The quantitative estimate of drug-likeness (QED) is 0.600. The Labute approximate surface area is 152 Å². The number of hydrogen-bond acceptors (Lipinski definition) is 3. The van der Waals surface area contributed by atoms with E-state index in [0.717, 1.165) is 26.6 Å². The summed E-state index contributed by atoms with van der Waals surface area (Å²) in [6, 6.07) is 11.7. The summed E-state index contributed by atoms with van der Waals surface area (Å²) in [6.45, 7) is 2.01. The van der Waals surface area contributed by atoms with Crippen molar-refractivity contribution in [2.45, 2.75) is 6.92 Å². The summed E-state index contributed by atoms with van der Waals surface area (Å²) < 4.78 is 5.94. The molecule has 0 saturated carbocycles. The number of H-pyrrole nitrogens is 1. The van der Waals surface area contributed by atoms with E-state index < -0.39 is 0 Å². The summed E-state index contributed by atoms with van der Waals surface area (Å²) in [4.78, 5) is 7.67. The molecule has 1 aromatic heterocycles. The topological polar surface area (TPSA) is 61.7 Å². The molecule has 0 unspecified atom stereocenters. The molecule has 6 heteroatoms. The predicted molar refractivity (Wildman–Crippen MR) is 100 cm³/mol. The zero-order valence-electron chi connectivity index (χ0n) is 13.0. The molecule has 24 heavy (non-hydrogen) atoms. The van der Waals surface area contributed by atoms with Crippen LogP contribution in [0.1, 0.15) is 17.0 Å². The minimum Gasteiger partial charge on any atom is -0.494 e. The number of benzene rings is 2. The fourth-order valence-corrected chi connectivity index (χ4v) is 3.49. The lowest BCUT2D eigenvalue weighted by Gasteiger charge is -2.07. The highest BCUT2D eigenvalue weighted by Gasteiger charge is 2.11. The summed E-state index contributed by atoms with van der Waals surface area (Å²) in [7, 11) is 1.55. The molecule has 0 atom stereocenters. The normalized spacial score (nSPS) is 11.5. The Balaban J connectivity index is 2.07. The van der Waals surface area contributed by atoms with Crippen molar-refractivity contribution in [3.8, 4) is 11.8 Å². The number of rotatable bonds is 3. The maximum absolute atomic E-state index is 9.51. The number of ether oxygens (including phenoxy) is 1. The van der Waals surface area contributed by atoms with Crippen molar-refractivity contribution in [2.75, 3.05) is 7.11 Å². The minimum atomic E-state index is 0.428. The molecule has 0 aliphatic carbocycles. The van der Waals surface area contributed by atoms with Crippen LogP contribution in [0.25, 0.3) is 22.7 Å². The second kappa shape index (κ2) is 6.68. The van der Waals surface area contributed by atoms with E-state index in [1.54, 1.807) is 19.3 Å². The molecule has 4 nitrogen and oxygen atoms in total. The molecular formula is C18H13BrClN3O. The third kappa shape index (κ3) is 3.16. The first kappa shape index (κ1) is 16.6. The molecule has 0 aliphatic rings. The molecule has 0 fully saturated rings. The van der Waals surface area contributed by atoms with Crippen molar-refractivity contribution >= 4 is 50.2 Å². The summed E-state index contributed by atoms with van der Waals surface area (Å²) in [5.41, 5.74) is 4.06. The number of nitrogens with zero attached hydrogens (tertiary/aromatic N) is 2. The molecule has 2 aromatic carbocycles. The number of methoxy groups -OCH3 is 1. The Bertz CT molecular complexity index is 978. The minimum absolute atomic E-state index is 0.428. The maximum atomic E-state index is 9.51. The van der Waals surface area contributed by atoms with Crippen molar-refractivity contribution in [3.63, 3.8) is 0 Å². The van der Waals surface area contributed by atoms with E-state index in [1.807, 2.05) is 31.2 Å². The summed E-state index contributed by atoms with van der Waals surface area (Å²) in [6.07, 6.45) is 1.74. The molecule has 0 aliphatic heterocycles. The van der Waals surface area contributed by atoms with Gasteiger partial charge in [0, 0.05) is 0 Å². The molecular weight excluding hydrogens is 390 g/mol. The molecule has 3 aromatic rings. The molecule has 1 N–H and O–H groups in total. The van der Waals surface area contributed by atoms with Crippen LogP contribution in [0.15, 0.2) is 34.8 Å². The third-order valence-electron chi connectivity index (χ3n) is 3.55. The second-order valence-electron chi connectivity index (χ2n) is 5.29. The van der Waals surface area contributed by atoms with Gasteiger partial charge in [-0.15, -0.1) is 0 Å². The number of aryl methyl sites for hydroxylation is 1. The molecule has 0 amide bonds. The smallest absolute Gasteiger partial charge is 0.151 e. The zero-order chi connectivity index (χ0) is 17.3. The van der Waals surface area contributed by atoms with Crippen LogP contribution in [0.3, 0.4) is 0 Å². The Morgan fingerprint density at radius 3 is 2.83 bits per heavy atom. The van der Waals surface area contributed by atoms with Crippen molar-refractivity contribution < 1.29 is 4.74 Å². The van der Waals surface area contributed by atoms with Crippen LogP contribution in [0.2, 0.25) is 5.02 Å². The van der Waals surface area contributed by atoms with Gasteiger partial charge in [-0.05, 0) is 64.3 Å². The highest BCUT2D eigenvalue weighted by atomic mass is 79.9. The van der Waals surface area contributed by atoms with Gasteiger partial charge in [-0.2, -0.15) is 5.26 Å². The van der Waals surface area contributed by atoms with Crippen LogP contribution in [0, 0.1) is 18.3 Å². The van der Waals surface area contributed by atoms with Gasteiger partial charge in [-0.25, -0.2) is 4.98 Å². The van der Waals surface area contributed by atoms with Crippen LogP contribution in [0.4, 0.5) is 0 Å². The highest BCUT2D eigenvalue weighted by Crippen LogP contribution is 2.35. The van der Waals surface area contributed by atoms with Gasteiger partial charge in [-0.1, -0.05) is 17.7 Å². The Morgan fingerprint density at radius 2 is 2.17 bits per heavy atom. The lowest BCUT2D eigenvalue weighted by molar-refractivity contribution is 0.412. The second-order valence-corrected chi connectivity index (χ2v) is 6.56. The van der Waals surface area contributed by atoms with Crippen molar-refractivity contribution in [1.29, 1.82) is 5.26 Å². The number of nitrogens with one attached hydrogen (secondary N) is 1.